The molecule has 0 aliphatic carbocycles. The molecule has 16 heavy (non-hydrogen) atoms. The molecular formula is C14H12O2. The number of hydrogen-bond donors (Lipinski definition) is 0. The standard InChI is InChI=1S/C14H12O2/c15-11-5-1-2-7-13-10-9-12-6-3-4-8-14(12)16-13/h1-8,10-11H,9H2. The van der Waals surface area contributed by atoms with Crippen LogP contribution in [-0.4, -0.2) is 6.29 Å². The first-order valence-corrected chi connectivity index (χ1v) is 5.14. The Labute approximate surface area is 94.6 Å². The minimum atomic E-state index is 0.746. The van der Waals surface area contributed by atoms with Gasteiger partial charge in [0.05, 0.1) is 0 Å². The molecule has 0 saturated heterocycles. The Hall–Kier alpha value is -2.09. The maximum atomic E-state index is 10.1. The summed E-state index contributed by atoms with van der Waals surface area (Å²) < 4.78 is 5.66. The van der Waals surface area contributed by atoms with E-state index in [2.05, 4.69) is 6.07 Å². The number of aldehydes is 1. The minimum absolute atomic E-state index is 0.746. The van der Waals surface area contributed by atoms with Crippen molar-refractivity contribution in [3.8, 4) is 5.75 Å². The van der Waals surface area contributed by atoms with Gasteiger partial charge in [-0.2, -0.15) is 0 Å². The lowest BCUT2D eigenvalue weighted by Gasteiger charge is -2.15. The van der Waals surface area contributed by atoms with Crippen molar-refractivity contribution in [2.45, 2.75) is 6.42 Å². The van der Waals surface area contributed by atoms with Crippen molar-refractivity contribution in [1.29, 1.82) is 0 Å². The van der Waals surface area contributed by atoms with E-state index >= 15 is 0 Å². The lowest BCUT2D eigenvalue weighted by atomic mass is 10.1. The first-order chi connectivity index (χ1) is 7.90. The molecule has 1 aromatic carbocycles. The molecule has 1 aliphatic rings. The van der Waals surface area contributed by atoms with Crippen molar-refractivity contribution in [1.82, 2.24) is 0 Å². The third-order valence-electron chi connectivity index (χ3n) is 2.28. The Balaban J connectivity index is 2.06. The van der Waals surface area contributed by atoms with E-state index in [-0.39, 0.29) is 0 Å². The number of benzene rings is 1. The van der Waals surface area contributed by atoms with Crippen LogP contribution in [0.2, 0.25) is 0 Å². The van der Waals surface area contributed by atoms with E-state index < -0.39 is 0 Å². The minimum Gasteiger partial charge on any atom is -0.457 e. The summed E-state index contributed by atoms with van der Waals surface area (Å²) in [6.07, 6.45) is 10.4. The van der Waals surface area contributed by atoms with Crippen molar-refractivity contribution in [2.24, 2.45) is 0 Å². The van der Waals surface area contributed by atoms with Crippen molar-refractivity contribution < 1.29 is 9.53 Å². The summed E-state index contributed by atoms with van der Waals surface area (Å²) in [5.41, 5.74) is 1.20. The number of rotatable bonds is 3. The fourth-order valence-electron chi connectivity index (χ4n) is 1.51. The van der Waals surface area contributed by atoms with E-state index in [1.165, 1.54) is 11.6 Å². The molecule has 0 saturated carbocycles. The molecule has 0 spiro atoms. The topological polar surface area (TPSA) is 26.3 Å². The van der Waals surface area contributed by atoms with Crippen LogP contribution in [0.25, 0.3) is 0 Å². The Morgan fingerprint density at radius 3 is 2.88 bits per heavy atom. The van der Waals surface area contributed by atoms with Gasteiger partial charge in [-0.25, -0.2) is 0 Å². The predicted octanol–water partition coefficient (Wildman–Crippen LogP) is 2.82. The second-order valence-corrected chi connectivity index (χ2v) is 3.40. The van der Waals surface area contributed by atoms with Crippen LogP contribution in [-0.2, 0) is 11.2 Å². The van der Waals surface area contributed by atoms with Crippen LogP contribution >= 0.6 is 0 Å². The summed E-state index contributed by atoms with van der Waals surface area (Å²) in [5, 5.41) is 0. The monoisotopic (exact) mass is 212 g/mol. The van der Waals surface area contributed by atoms with Gasteiger partial charge >= 0.3 is 0 Å². The molecule has 1 heterocycles. The van der Waals surface area contributed by atoms with E-state index in [1.807, 2.05) is 30.4 Å². The van der Waals surface area contributed by atoms with Gasteiger partial charge in [0.25, 0.3) is 0 Å². The van der Waals surface area contributed by atoms with Gasteiger partial charge in [-0.1, -0.05) is 30.4 Å². The highest BCUT2D eigenvalue weighted by Crippen LogP contribution is 2.25. The van der Waals surface area contributed by atoms with Gasteiger partial charge < -0.3 is 4.74 Å². The second kappa shape index (κ2) is 5.12. The zero-order valence-corrected chi connectivity index (χ0v) is 8.80. The molecule has 2 rings (SSSR count). The van der Waals surface area contributed by atoms with Crippen molar-refractivity contribution in [2.75, 3.05) is 0 Å². The first-order valence-electron chi connectivity index (χ1n) is 5.14. The van der Waals surface area contributed by atoms with Crippen LogP contribution in [0.15, 0.2) is 60.4 Å². The number of carbonyl (C=O) groups is 1. The van der Waals surface area contributed by atoms with Crippen molar-refractivity contribution in [3.05, 3.63) is 66.0 Å². The first kappa shape index (κ1) is 10.4. The van der Waals surface area contributed by atoms with E-state index in [4.69, 9.17) is 4.74 Å². The van der Waals surface area contributed by atoms with Gasteiger partial charge in [0.2, 0.25) is 0 Å². The summed E-state index contributed by atoms with van der Waals surface area (Å²) >= 11 is 0. The Kier molecular flexibility index (Phi) is 3.34. The van der Waals surface area contributed by atoms with Crippen LogP contribution in [0.4, 0.5) is 0 Å². The molecule has 0 bridgehead atoms. The van der Waals surface area contributed by atoms with Crippen molar-refractivity contribution in [3.63, 3.8) is 0 Å². The lowest BCUT2D eigenvalue weighted by Crippen LogP contribution is -2.02. The summed E-state index contributed by atoms with van der Waals surface area (Å²) in [4.78, 5) is 10.1. The highest BCUT2D eigenvalue weighted by atomic mass is 16.5. The van der Waals surface area contributed by atoms with Gasteiger partial charge in [0, 0.05) is 0 Å². The SMILES string of the molecule is O=CC=CC=CC1=CCc2ccccc2O1. The van der Waals surface area contributed by atoms with Gasteiger partial charge in [-0.15, -0.1) is 0 Å². The maximum Gasteiger partial charge on any atom is 0.142 e. The Morgan fingerprint density at radius 1 is 1.12 bits per heavy atom. The molecule has 0 N–H and O–H groups in total. The van der Waals surface area contributed by atoms with E-state index in [0.29, 0.717) is 0 Å². The fourth-order valence-corrected chi connectivity index (χ4v) is 1.51. The summed E-state index contributed by atoms with van der Waals surface area (Å²) in [7, 11) is 0. The van der Waals surface area contributed by atoms with Gasteiger partial charge in [-0.3, -0.25) is 4.79 Å². The van der Waals surface area contributed by atoms with Crippen molar-refractivity contribution >= 4 is 6.29 Å². The number of allylic oxidation sites excluding steroid dienone is 5. The van der Waals surface area contributed by atoms with Gasteiger partial charge in [0.1, 0.15) is 17.8 Å². The number of ether oxygens (including phenoxy) is 1. The molecule has 0 aromatic heterocycles. The normalized spacial score (nSPS) is 14.6. The average Bonchev–Trinajstić information content (AvgIpc) is 2.34. The molecule has 0 atom stereocenters. The largest absolute Gasteiger partial charge is 0.457 e. The molecular weight excluding hydrogens is 200 g/mol. The lowest BCUT2D eigenvalue weighted by molar-refractivity contribution is -0.104. The molecule has 1 aromatic rings. The molecule has 0 unspecified atom stereocenters. The molecule has 80 valence electrons. The smallest absolute Gasteiger partial charge is 0.142 e. The zero-order chi connectivity index (χ0) is 11.2. The summed E-state index contributed by atoms with van der Waals surface area (Å²) in [6, 6.07) is 7.97. The van der Waals surface area contributed by atoms with Gasteiger partial charge in [-0.05, 0) is 36.3 Å². The van der Waals surface area contributed by atoms with Crippen LogP contribution in [0.5, 0.6) is 5.75 Å². The summed E-state index contributed by atoms with van der Waals surface area (Å²) in [5.74, 6) is 1.72. The predicted molar refractivity (Wildman–Crippen MR) is 63.2 cm³/mol. The second-order valence-electron chi connectivity index (χ2n) is 3.40. The summed E-state index contributed by atoms with van der Waals surface area (Å²) in [6.45, 7) is 0. The van der Waals surface area contributed by atoms with E-state index in [9.17, 15) is 4.79 Å². The van der Waals surface area contributed by atoms with Gasteiger partial charge in [0.15, 0.2) is 0 Å². The van der Waals surface area contributed by atoms with Crippen LogP contribution in [0, 0.1) is 0 Å². The molecule has 0 fully saturated rings. The molecule has 0 radical (unpaired) electrons. The Morgan fingerprint density at radius 2 is 2.00 bits per heavy atom. The highest BCUT2D eigenvalue weighted by Gasteiger charge is 2.08. The quantitative estimate of drug-likeness (QED) is 0.437. The fraction of sp³-hybridized carbons (Fsp3) is 0.0714. The highest BCUT2D eigenvalue weighted by molar-refractivity contribution is 5.65. The average molecular weight is 212 g/mol. The number of fused-ring (bicyclic) bond motifs is 1. The third kappa shape index (κ3) is 2.48. The van der Waals surface area contributed by atoms with E-state index in [1.54, 1.807) is 12.2 Å². The molecule has 2 heteroatoms. The Bertz CT molecular complexity index is 467. The third-order valence-corrected chi connectivity index (χ3v) is 2.28. The number of para-hydroxylation sites is 1. The van der Waals surface area contributed by atoms with Crippen LogP contribution in [0.1, 0.15) is 5.56 Å². The zero-order valence-electron chi connectivity index (χ0n) is 8.80. The van der Waals surface area contributed by atoms with Crippen LogP contribution in [0.3, 0.4) is 0 Å². The molecule has 2 nitrogen and oxygen atoms in total. The van der Waals surface area contributed by atoms with Crippen LogP contribution < -0.4 is 4.74 Å². The number of carbonyl (C=O) groups excluding carboxylic acids is 1. The van der Waals surface area contributed by atoms with E-state index in [0.717, 1.165) is 24.2 Å². The number of hydrogen-bond acceptors (Lipinski definition) is 2. The molecule has 1 aliphatic heterocycles. The maximum absolute atomic E-state index is 10.1. The molecule has 0 amide bonds.